The van der Waals surface area contributed by atoms with Crippen molar-refractivity contribution in [2.45, 2.75) is 6.92 Å². The molecule has 0 aliphatic heterocycles. The molecule has 2 N–H and O–H groups in total. The zero-order valence-corrected chi connectivity index (χ0v) is 9.40. The third-order valence-corrected chi connectivity index (χ3v) is 1.95. The number of nitrogens with two attached hydrogens (primary N) is 1. The van der Waals surface area contributed by atoms with Crippen molar-refractivity contribution < 1.29 is 14.3 Å². The summed E-state index contributed by atoms with van der Waals surface area (Å²) in [6.07, 6.45) is 1.57. The van der Waals surface area contributed by atoms with Crippen LogP contribution in [0, 0.1) is 0 Å². The van der Waals surface area contributed by atoms with Crippen LogP contribution in [0.4, 0.5) is 0 Å². The van der Waals surface area contributed by atoms with Crippen molar-refractivity contribution in [1.29, 1.82) is 0 Å². The Labute approximate surface area is 94.7 Å². The van der Waals surface area contributed by atoms with E-state index in [1.165, 1.54) is 0 Å². The molecule has 0 amide bonds. The largest absolute Gasteiger partial charge is 0.497 e. The van der Waals surface area contributed by atoms with E-state index in [9.17, 15) is 4.79 Å². The van der Waals surface area contributed by atoms with E-state index in [4.69, 9.17) is 15.2 Å². The summed E-state index contributed by atoms with van der Waals surface area (Å²) in [7, 11) is 1.60. The molecule has 4 nitrogen and oxygen atoms in total. The SMILES string of the molecule is CCOC(=O)C(N)=Cc1ccc(OC)cc1. The quantitative estimate of drug-likeness (QED) is 0.619. The summed E-state index contributed by atoms with van der Waals surface area (Å²) in [6.45, 7) is 2.05. The highest BCUT2D eigenvalue weighted by molar-refractivity contribution is 5.92. The molecular formula is C12H15NO3. The van der Waals surface area contributed by atoms with Crippen LogP contribution in [0.2, 0.25) is 0 Å². The number of carbonyl (C=O) groups excluding carboxylic acids is 1. The predicted molar refractivity (Wildman–Crippen MR) is 61.8 cm³/mol. The van der Waals surface area contributed by atoms with Crippen LogP contribution in [0.25, 0.3) is 6.08 Å². The summed E-state index contributed by atoms with van der Waals surface area (Å²) < 4.78 is 9.78. The Morgan fingerprint density at radius 1 is 1.38 bits per heavy atom. The van der Waals surface area contributed by atoms with Crippen LogP contribution >= 0.6 is 0 Å². The molecule has 0 aromatic heterocycles. The first kappa shape index (κ1) is 12.1. The van der Waals surface area contributed by atoms with Gasteiger partial charge in [-0.05, 0) is 30.7 Å². The number of esters is 1. The summed E-state index contributed by atoms with van der Waals surface area (Å²) in [5, 5.41) is 0. The molecule has 0 atom stereocenters. The number of methoxy groups -OCH3 is 1. The number of benzene rings is 1. The minimum Gasteiger partial charge on any atom is -0.497 e. The molecule has 0 unspecified atom stereocenters. The highest BCUT2D eigenvalue weighted by Gasteiger charge is 2.05. The van der Waals surface area contributed by atoms with Gasteiger partial charge in [0.25, 0.3) is 0 Å². The zero-order chi connectivity index (χ0) is 12.0. The molecule has 4 heteroatoms. The number of ether oxygens (including phenoxy) is 2. The second-order valence-corrected chi connectivity index (χ2v) is 3.09. The van der Waals surface area contributed by atoms with Crippen molar-refractivity contribution in [2.24, 2.45) is 5.73 Å². The first-order valence-corrected chi connectivity index (χ1v) is 4.95. The van der Waals surface area contributed by atoms with Crippen LogP contribution in [-0.2, 0) is 9.53 Å². The monoisotopic (exact) mass is 221 g/mol. The van der Waals surface area contributed by atoms with Gasteiger partial charge in [0.15, 0.2) is 0 Å². The fourth-order valence-electron chi connectivity index (χ4n) is 1.15. The lowest BCUT2D eigenvalue weighted by Crippen LogP contribution is -2.14. The van der Waals surface area contributed by atoms with E-state index in [0.717, 1.165) is 11.3 Å². The maximum Gasteiger partial charge on any atom is 0.354 e. The lowest BCUT2D eigenvalue weighted by molar-refractivity contribution is -0.138. The second-order valence-electron chi connectivity index (χ2n) is 3.09. The van der Waals surface area contributed by atoms with E-state index >= 15 is 0 Å². The van der Waals surface area contributed by atoms with Crippen molar-refractivity contribution in [3.8, 4) is 5.75 Å². The van der Waals surface area contributed by atoms with Crippen molar-refractivity contribution in [1.82, 2.24) is 0 Å². The number of rotatable bonds is 4. The summed E-state index contributed by atoms with van der Waals surface area (Å²) in [5.41, 5.74) is 6.48. The molecule has 86 valence electrons. The van der Waals surface area contributed by atoms with Crippen LogP contribution in [0.3, 0.4) is 0 Å². The molecule has 0 saturated carbocycles. The van der Waals surface area contributed by atoms with Gasteiger partial charge in [0.2, 0.25) is 0 Å². The summed E-state index contributed by atoms with van der Waals surface area (Å²) in [5.74, 6) is 0.255. The van der Waals surface area contributed by atoms with Crippen molar-refractivity contribution >= 4 is 12.0 Å². The molecule has 1 aromatic rings. The van der Waals surface area contributed by atoms with Crippen LogP contribution in [0.15, 0.2) is 30.0 Å². The molecule has 0 aliphatic rings. The van der Waals surface area contributed by atoms with Gasteiger partial charge in [-0.25, -0.2) is 4.79 Å². The Balaban J connectivity index is 2.77. The second kappa shape index (κ2) is 5.80. The average Bonchev–Trinajstić information content (AvgIpc) is 2.30. The van der Waals surface area contributed by atoms with E-state index < -0.39 is 5.97 Å². The molecular weight excluding hydrogens is 206 g/mol. The van der Waals surface area contributed by atoms with Gasteiger partial charge in [0.05, 0.1) is 13.7 Å². The van der Waals surface area contributed by atoms with Crippen LogP contribution in [0.5, 0.6) is 5.75 Å². The van der Waals surface area contributed by atoms with Crippen molar-refractivity contribution in [3.05, 3.63) is 35.5 Å². The third kappa shape index (κ3) is 3.31. The Morgan fingerprint density at radius 3 is 2.50 bits per heavy atom. The molecule has 0 heterocycles. The van der Waals surface area contributed by atoms with Crippen LogP contribution in [-0.4, -0.2) is 19.7 Å². The molecule has 0 bridgehead atoms. The Morgan fingerprint density at radius 2 is 2.00 bits per heavy atom. The van der Waals surface area contributed by atoms with Gasteiger partial charge in [0.1, 0.15) is 11.4 Å². The standard InChI is InChI=1S/C12H15NO3/c1-3-16-12(14)11(13)8-9-4-6-10(15-2)7-5-9/h4-8H,3,13H2,1-2H3. The lowest BCUT2D eigenvalue weighted by atomic mass is 10.2. The summed E-state index contributed by atoms with van der Waals surface area (Å²) >= 11 is 0. The summed E-state index contributed by atoms with van der Waals surface area (Å²) in [4.78, 5) is 11.2. The molecule has 0 radical (unpaired) electrons. The van der Waals surface area contributed by atoms with E-state index in [-0.39, 0.29) is 5.70 Å². The van der Waals surface area contributed by atoms with Gasteiger partial charge in [-0.15, -0.1) is 0 Å². The molecule has 1 rings (SSSR count). The Hall–Kier alpha value is -1.97. The molecule has 1 aromatic carbocycles. The van der Waals surface area contributed by atoms with Gasteiger partial charge in [0, 0.05) is 0 Å². The van der Waals surface area contributed by atoms with Gasteiger partial charge >= 0.3 is 5.97 Å². The molecule has 0 spiro atoms. The molecule has 0 aliphatic carbocycles. The van der Waals surface area contributed by atoms with E-state index in [2.05, 4.69) is 0 Å². The Bertz CT molecular complexity index is 382. The minimum absolute atomic E-state index is 0.0898. The van der Waals surface area contributed by atoms with Gasteiger partial charge in [-0.2, -0.15) is 0 Å². The smallest absolute Gasteiger partial charge is 0.354 e. The first-order valence-electron chi connectivity index (χ1n) is 4.95. The van der Waals surface area contributed by atoms with Crippen molar-refractivity contribution in [3.63, 3.8) is 0 Å². The Kier molecular flexibility index (Phi) is 4.39. The lowest BCUT2D eigenvalue weighted by Gasteiger charge is -2.02. The first-order chi connectivity index (χ1) is 7.67. The van der Waals surface area contributed by atoms with Crippen LogP contribution in [0.1, 0.15) is 12.5 Å². The number of carbonyl (C=O) groups is 1. The van der Waals surface area contributed by atoms with Gasteiger partial charge in [-0.3, -0.25) is 0 Å². The maximum atomic E-state index is 11.2. The fraction of sp³-hybridized carbons (Fsp3) is 0.250. The van der Waals surface area contributed by atoms with E-state index in [1.807, 2.05) is 12.1 Å². The maximum absolute atomic E-state index is 11.2. The third-order valence-electron chi connectivity index (χ3n) is 1.95. The van der Waals surface area contributed by atoms with E-state index in [1.54, 1.807) is 32.2 Å². The normalized spacial score (nSPS) is 11.0. The highest BCUT2D eigenvalue weighted by atomic mass is 16.5. The van der Waals surface area contributed by atoms with Gasteiger partial charge in [-0.1, -0.05) is 12.1 Å². The fourth-order valence-corrected chi connectivity index (χ4v) is 1.15. The minimum atomic E-state index is -0.502. The average molecular weight is 221 g/mol. The summed E-state index contributed by atoms with van der Waals surface area (Å²) in [6, 6.07) is 7.21. The number of hydrogen-bond donors (Lipinski definition) is 1. The number of hydrogen-bond acceptors (Lipinski definition) is 4. The zero-order valence-electron chi connectivity index (χ0n) is 9.40. The molecule has 0 saturated heterocycles. The van der Waals surface area contributed by atoms with E-state index in [0.29, 0.717) is 6.61 Å². The van der Waals surface area contributed by atoms with Gasteiger partial charge < -0.3 is 15.2 Å². The van der Waals surface area contributed by atoms with Crippen molar-refractivity contribution in [2.75, 3.05) is 13.7 Å². The predicted octanol–water partition coefficient (Wildman–Crippen LogP) is 1.56. The molecule has 16 heavy (non-hydrogen) atoms. The topological polar surface area (TPSA) is 61.5 Å². The molecule has 0 fully saturated rings. The highest BCUT2D eigenvalue weighted by Crippen LogP contribution is 2.13. The van der Waals surface area contributed by atoms with Crippen LogP contribution < -0.4 is 10.5 Å².